The molecule has 114 valence electrons. The van der Waals surface area contributed by atoms with E-state index >= 15 is 0 Å². The van der Waals surface area contributed by atoms with Crippen LogP contribution in [-0.4, -0.2) is 98.5 Å². The lowest BCUT2D eigenvalue weighted by Gasteiger charge is -2.41. The van der Waals surface area contributed by atoms with Crippen molar-refractivity contribution in [3.05, 3.63) is 0 Å². The Hall–Kier alpha value is -0.360. The Bertz CT molecular complexity index is 263. The van der Waals surface area contributed by atoms with Crippen molar-refractivity contribution in [3.8, 4) is 0 Å². The van der Waals surface area contributed by atoms with Crippen LogP contribution in [0.2, 0.25) is 0 Å². The van der Waals surface area contributed by atoms with Crippen LogP contribution in [0.15, 0.2) is 0 Å². The molecule has 0 saturated carbocycles. The zero-order chi connectivity index (χ0) is 14.6. The third-order valence-corrected chi connectivity index (χ3v) is 2.84. The second kappa shape index (κ2) is 7.43. The molecular formula is C10H20O9. The fraction of sp³-hybridized carbons (Fsp3) is 1.00. The Labute approximate surface area is 109 Å². The number of hydrogen-bond donors (Lipinski definition) is 7. The van der Waals surface area contributed by atoms with E-state index in [0.717, 1.165) is 0 Å². The highest BCUT2D eigenvalue weighted by Crippen LogP contribution is 2.24. The Morgan fingerprint density at radius 3 is 2.11 bits per heavy atom. The summed E-state index contributed by atoms with van der Waals surface area (Å²) in [5.41, 5.74) is 0. The third kappa shape index (κ3) is 4.05. The van der Waals surface area contributed by atoms with Gasteiger partial charge in [-0.1, -0.05) is 0 Å². The topological polar surface area (TPSA) is 160 Å². The van der Waals surface area contributed by atoms with Crippen LogP contribution >= 0.6 is 0 Å². The van der Waals surface area contributed by atoms with Gasteiger partial charge in [0.05, 0.1) is 19.8 Å². The molecule has 1 aliphatic heterocycles. The van der Waals surface area contributed by atoms with Crippen molar-refractivity contribution in [1.29, 1.82) is 0 Å². The molecule has 0 amide bonds. The van der Waals surface area contributed by atoms with E-state index < -0.39 is 56.1 Å². The minimum atomic E-state index is -1.64. The molecule has 1 fully saturated rings. The molecule has 19 heavy (non-hydrogen) atoms. The lowest BCUT2D eigenvalue weighted by atomic mass is 9.95. The summed E-state index contributed by atoms with van der Waals surface area (Å²) in [6, 6.07) is 0. The molecule has 0 radical (unpaired) electrons. The van der Waals surface area contributed by atoms with Crippen LogP contribution in [-0.2, 0) is 9.47 Å². The van der Waals surface area contributed by atoms with Crippen LogP contribution in [0.25, 0.3) is 0 Å². The monoisotopic (exact) mass is 284 g/mol. The average Bonchev–Trinajstić information content (AvgIpc) is 2.42. The highest BCUT2D eigenvalue weighted by atomic mass is 16.7. The van der Waals surface area contributed by atoms with Gasteiger partial charge in [0, 0.05) is 0 Å². The Kier molecular flexibility index (Phi) is 6.53. The van der Waals surface area contributed by atoms with E-state index in [1.165, 1.54) is 0 Å². The normalized spacial score (nSPS) is 39.0. The summed E-state index contributed by atoms with van der Waals surface area (Å²) in [5.74, 6) is 0. The quantitative estimate of drug-likeness (QED) is 0.255. The molecule has 0 spiro atoms. The maximum Gasteiger partial charge on any atom is 0.186 e. The van der Waals surface area contributed by atoms with Gasteiger partial charge in [-0.15, -0.1) is 0 Å². The SMILES string of the molecule is OCC(O)CO[C@H]1O[C@H]([C@H](O)CO)[C@@H](O)[C@H](O)[C@H]1O. The van der Waals surface area contributed by atoms with Gasteiger partial charge in [-0.3, -0.25) is 0 Å². The van der Waals surface area contributed by atoms with Gasteiger partial charge >= 0.3 is 0 Å². The van der Waals surface area contributed by atoms with Crippen LogP contribution in [0, 0.1) is 0 Å². The molecule has 9 heteroatoms. The van der Waals surface area contributed by atoms with E-state index in [0.29, 0.717) is 0 Å². The third-order valence-electron chi connectivity index (χ3n) is 2.84. The molecule has 1 unspecified atom stereocenters. The van der Waals surface area contributed by atoms with E-state index in [9.17, 15) is 20.4 Å². The summed E-state index contributed by atoms with van der Waals surface area (Å²) in [5, 5.41) is 64.7. The van der Waals surface area contributed by atoms with Gasteiger partial charge in [0.2, 0.25) is 0 Å². The lowest BCUT2D eigenvalue weighted by molar-refractivity contribution is -0.315. The largest absolute Gasteiger partial charge is 0.394 e. The van der Waals surface area contributed by atoms with Crippen molar-refractivity contribution in [2.75, 3.05) is 19.8 Å². The second-order valence-corrected chi connectivity index (χ2v) is 4.36. The maximum absolute atomic E-state index is 9.62. The van der Waals surface area contributed by atoms with Gasteiger partial charge < -0.3 is 45.2 Å². The fourth-order valence-electron chi connectivity index (χ4n) is 1.69. The van der Waals surface area contributed by atoms with E-state index in [2.05, 4.69) is 0 Å². The van der Waals surface area contributed by atoms with Crippen molar-refractivity contribution in [1.82, 2.24) is 0 Å². The number of rotatable bonds is 6. The molecule has 0 aromatic heterocycles. The summed E-state index contributed by atoms with van der Waals surface area (Å²) in [6.45, 7) is -1.64. The van der Waals surface area contributed by atoms with Crippen LogP contribution < -0.4 is 0 Å². The molecule has 7 atom stereocenters. The number of aliphatic hydroxyl groups excluding tert-OH is 7. The first-order valence-corrected chi connectivity index (χ1v) is 5.81. The van der Waals surface area contributed by atoms with Crippen molar-refractivity contribution in [3.63, 3.8) is 0 Å². The van der Waals surface area contributed by atoms with Gasteiger partial charge in [0.1, 0.15) is 36.6 Å². The summed E-state index contributed by atoms with van der Waals surface area (Å²) < 4.78 is 9.99. The highest BCUT2D eigenvalue weighted by Gasteiger charge is 2.46. The highest BCUT2D eigenvalue weighted by molar-refractivity contribution is 4.92. The van der Waals surface area contributed by atoms with Crippen molar-refractivity contribution < 1.29 is 45.2 Å². The van der Waals surface area contributed by atoms with Gasteiger partial charge in [0.25, 0.3) is 0 Å². The molecule has 0 bridgehead atoms. The standard InChI is InChI=1S/C10H20O9/c11-1-4(13)3-18-10-8(17)6(15)7(16)9(19-10)5(14)2-12/h4-17H,1-3H2/t4?,5-,6+,7+,8-,9-,10+/m1/s1. The summed E-state index contributed by atoms with van der Waals surface area (Å²) in [7, 11) is 0. The molecule has 0 aliphatic carbocycles. The number of hydrogen-bond acceptors (Lipinski definition) is 9. The van der Waals surface area contributed by atoms with Crippen molar-refractivity contribution >= 4 is 0 Å². The van der Waals surface area contributed by atoms with Crippen molar-refractivity contribution in [2.45, 2.75) is 42.9 Å². The average molecular weight is 284 g/mol. The van der Waals surface area contributed by atoms with E-state index in [-0.39, 0.29) is 6.61 Å². The zero-order valence-electron chi connectivity index (χ0n) is 10.1. The molecule has 1 rings (SSSR count). The van der Waals surface area contributed by atoms with Gasteiger partial charge in [-0.05, 0) is 0 Å². The Balaban J connectivity index is 2.65. The second-order valence-electron chi connectivity index (χ2n) is 4.36. The predicted molar refractivity (Wildman–Crippen MR) is 58.8 cm³/mol. The zero-order valence-corrected chi connectivity index (χ0v) is 10.1. The Morgan fingerprint density at radius 2 is 1.58 bits per heavy atom. The number of ether oxygens (including phenoxy) is 2. The van der Waals surface area contributed by atoms with Crippen molar-refractivity contribution in [2.24, 2.45) is 0 Å². The van der Waals surface area contributed by atoms with Crippen LogP contribution in [0.5, 0.6) is 0 Å². The van der Waals surface area contributed by atoms with Gasteiger partial charge in [-0.25, -0.2) is 0 Å². The molecule has 0 aromatic rings. The van der Waals surface area contributed by atoms with Crippen LogP contribution in [0.4, 0.5) is 0 Å². The van der Waals surface area contributed by atoms with E-state index in [4.69, 9.17) is 24.8 Å². The Morgan fingerprint density at radius 1 is 0.947 bits per heavy atom. The molecule has 1 aliphatic rings. The lowest BCUT2D eigenvalue weighted by Crippen LogP contribution is -2.61. The minimum absolute atomic E-state index is 0.372. The molecular weight excluding hydrogens is 264 g/mol. The molecule has 1 heterocycles. The molecule has 7 N–H and O–H groups in total. The van der Waals surface area contributed by atoms with Crippen LogP contribution in [0.1, 0.15) is 0 Å². The summed E-state index contributed by atoms with van der Waals surface area (Å²) >= 11 is 0. The smallest absolute Gasteiger partial charge is 0.186 e. The van der Waals surface area contributed by atoms with E-state index in [1.54, 1.807) is 0 Å². The first-order valence-electron chi connectivity index (χ1n) is 5.81. The number of aliphatic hydroxyl groups is 7. The summed E-state index contributed by atoms with van der Waals surface area (Å²) in [4.78, 5) is 0. The molecule has 0 aromatic carbocycles. The van der Waals surface area contributed by atoms with E-state index in [1.807, 2.05) is 0 Å². The fourth-order valence-corrected chi connectivity index (χ4v) is 1.69. The molecule has 1 saturated heterocycles. The first-order chi connectivity index (χ1) is 8.92. The van der Waals surface area contributed by atoms with Gasteiger partial charge in [-0.2, -0.15) is 0 Å². The maximum atomic E-state index is 9.62. The first kappa shape index (κ1) is 16.7. The summed E-state index contributed by atoms with van der Waals surface area (Å²) in [6.07, 6.45) is -10.3. The van der Waals surface area contributed by atoms with Gasteiger partial charge in [0.15, 0.2) is 6.29 Å². The minimum Gasteiger partial charge on any atom is -0.394 e. The van der Waals surface area contributed by atoms with Crippen LogP contribution in [0.3, 0.4) is 0 Å². The predicted octanol–water partition coefficient (Wildman–Crippen LogP) is -4.48. The molecule has 9 nitrogen and oxygen atoms in total.